The van der Waals surface area contributed by atoms with Gasteiger partial charge in [-0.2, -0.15) is 12.6 Å². The van der Waals surface area contributed by atoms with Crippen LogP contribution in [0.25, 0.3) is 0 Å². The van der Waals surface area contributed by atoms with Crippen molar-refractivity contribution in [1.29, 1.82) is 0 Å². The number of nitrogens with zero attached hydrogens (tertiary/aromatic N) is 1. The number of aliphatic hydroxyl groups excluding tert-OH is 1. The number of aliphatic hydroxyl groups is 1. The first-order valence-electron chi connectivity index (χ1n) is 9.62. The highest BCUT2D eigenvalue weighted by atomic mass is 32.1. The summed E-state index contributed by atoms with van der Waals surface area (Å²) in [5.41, 5.74) is 4.12. The van der Waals surface area contributed by atoms with Crippen LogP contribution in [-0.2, 0) is 14.4 Å². The minimum Gasteiger partial charge on any atom is -0.479 e. The average molecular weight is 408 g/mol. The lowest BCUT2D eigenvalue weighted by molar-refractivity contribution is -0.231. The van der Waals surface area contributed by atoms with Gasteiger partial charge in [0, 0.05) is 44.3 Å². The van der Waals surface area contributed by atoms with Crippen molar-refractivity contribution in [2.45, 2.75) is 64.5 Å². The van der Waals surface area contributed by atoms with Crippen molar-refractivity contribution in [2.24, 2.45) is 11.7 Å². The van der Waals surface area contributed by atoms with Crippen LogP contribution in [0.3, 0.4) is 0 Å². The smallest absolute Gasteiger partial charge is 0.333 e. The Balaban J connectivity index is 5.55. The number of hydrogen-bond donors (Lipinski definition) is 5. The van der Waals surface area contributed by atoms with Crippen molar-refractivity contribution in [2.75, 3.05) is 32.1 Å². The Morgan fingerprint density at radius 2 is 2.00 bits per heavy atom. The van der Waals surface area contributed by atoms with Gasteiger partial charge in [0.15, 0.2) is 5.54 Å². The molecule has 0 spiro atoms. The van der Waals surface area contributed by atoms with Gasteiger partial charge in [-0.05, 0) is 12.3 Å². The van der Waals surface area contributed by atoms with E-state index in [1.54, 1.807) is 0 Å². The molecule has 0 aliphatic rings. The van der Waals surface area contributed by atoms with E-state index in [0.29, 0.717) is 12.3 Å². The normalized spacial score (nSPS) is 14.8. The fourth-order valence-electron chi connectivity index (χ4n) is 2.62. The summed E-state index contributed by atoms with van der Waals surface area (Å²) < 4.78 is 0. The molecule has 8 nitrogen and oxygen atoms in total. The SMILES string of the molecule is CCCCCON(C(=O)CC(C)C)[C@@](CCO)(CNC[C@H](N)CS)C(=O)O. The number of unbranched alkanes of at least 4 members (excludes halogenated alkanes) is 2. The number of carboxylic acids is 1. The molecule has 0 fully saturated rings. The zero-order valence-corrected chi connectivity index (χ0v) is 17.7. The molecule has 0 heterocycles. The minimum absolute atomic E-state index is 0.0467. The number of nitrogens with two attached hydrogens (primary N) is 1. The van der Waals surface area contributed by atoms with Crippen LogP contribution in [0.2, 0.25) is 0 Å². The largest absolute Gasteiger partial charge is 0.479 e. The second kappa shape index (κ2) is 14.2. The molecule has 0 bridgehead atoms. The number of carboxylic acid groups (broad SMARTS) is 1. The lowest BCUT2D eigenvalue weighted by Gasteiger charge is -2.39. The highest BCUT2D eigenvalue weighted by molar-refractivity contribution is 7.80. The quantitative estimate of drug-likeness (QED) is 0.147. The zero-order chi connectivity index (χ0) is 20.9. The molecule has 0 aliphatic heterocycles. The van der Waals surface area contributed by atoms with Gasteiger partial charge in [0.25, 0.3) is 0 Å². The number of amides is 1. The van der Waals surface area contributed by atoms with Crippen LogP contribution in [0.15, 0.2) is 0 Å². The van der Waals surface area contributed by atoms with E-state index in [2.05, 4.69) is 17.9 Å². The van der Waals surface area contributed by atoms with Gasteiger partial charge in [-0.15, -0.1) is 0 Å². The van der Waals surface area contributed by atoms with Crippen LogP contribution < -0.4 is 11.1 Å². The van der Waals surface area contributed by atoms with Crippen LogP contribution in [-0.4, -0.2) is 70.8 Å². The Kier molecular flexibility index (Phi) is 13.7. The molecule has 0 aromatic rings. The van der Waals surface area contributed by atoms with Crippen LogP contribution in [0.5, 0.6) is 0 Å². The predicted octanol–water partition coefficient (Wildman–Crippen LogP) is 1.04. The van der Waals surface area contributed by atoms with Crippen LogP contribution in [0, 0.1) is 5.92 Å². The molecule has 5 N–H and O–H groups in total. The molecule has 0 aromatic carbocycles. The molecular weight excluding hydrogens is 370 g/mol. The van der Waals surface area contributed by atoms with E-state index in [4.69, 9.17) is 10.6 Å². The summed E-state index contributed by atoms with van der Waals surface area (Å²) in [5, 5.41) is 23.4. The van der Waals surface area contributed by atoms with Crippen LogP contribution >= 0.6 is 12.6 Å². The summed E-state index contributed by atoms with van der Waals surface area (Å²) in [7, 11) is 0. The zero-order valence-electron chi connectivity index (χ0n) is 16.8. The van der Waals surface area contributed by atoms with E-state index in [9.17, 15) is 19.8 Å². The first-order valence-corrected chi connectivity index (χ1v) is 10.3. The molecule has 0 aromatic heterocycles. The lowest BCUT2D eigenvalue weighted by Crippen LogP contribution is -2.63. The Hall–Kier alpha value is -0.870. The number of hydrogen-bond acceptors (Lipinski definition) is 7. The minimum atomic E-state index is -1.71. The summed E-state index contributed by atoms with van der Waals surface area (Å²) >= 11 is 4.11. The molecule has 0 saturated heterocycles. The van der Waals surface area contributed by atoms with Gasteiger partial charge in [-0.3, -0.25) is 9.63 Å². The van der Waals surface area contributed by atoms with Crippen LogP contribution in [0.1, 0.15) is 52.9 Å². The monoisotopic (exact) mass is 407 g/mol. The van der Waals surface area contributed by atoms with E-state index in [1.165, 1.54) is 0 Å². The second-order valence-electron chi connectivity index (χ2n) is 7.21. The highest BCUT2D eigenvalue weighted by Gasteiger charge is 2.47. The Labute approximate surface area is 168 Å². The van der Waals surface area contributed by atoms with E-state index in [-0.39, 0.29) is 38.0 Å². The Morgan fingerprint density at radius 1 is 1.33 bits per heavy atom. The third-order valence-corrected chi connectivity index (χ3v) is 4.62. The number of carbonyl (C=O) groups excluding carboxylic acids is 1. The van der Waals surface area contributed by atoms with Crippen molar-refractivity contribution in [3.8, 4) is 0 Å². The van der Waals surface area contributed by atoms with Gasteiger partial charge < -0.3 is 21.3 Å². The summed E-state index contributed by atoms with van der Waals surface area (Å²) in [4.78, 5) is 30.7. The van der Waals surface area contributed by atoms with Gasteiger partial charge in [0.05, 0.1) is 6.61 Å². The second-order valence-corrected chi connectivity index (χ2v) is 7.58. The summed E-state index contributed by atoms with van der Waals surface area (Å²) in [5.74, 6) is -1.14. The molecule has 0 rings (SSSR count). The lowest BCUT2D eigenvalue weighted by atomic mass is 9.93. The molecule has 0 aliphatic carbocycles. The summed E-state index contributed by atoms with van der Waals surface area (Å²) in [6, 6.07) is -0.251. The number of hydroxylamine groups is 2. The molecule has 1 amide bonds. The van der Waals surface area contributed by atoms with Crippen LogP contribution in [0.4, 0.5) is 0 Å². The first-order chi connectivity index (χ1) is 12.7. The molecule has 2 atom stereocenters. The third kappa shape index (κ3) is 9.25. The molecule has 9 heteroatoms. The van der Waals surface area contributed by atoms with Gasteiger partial charge in [-0.25, -0.2) is 9.86 Å². The molecule has 0 radical (unpaired) electrons. The van der Waals surface area contributed by atoms with Crippen molar-refractivity contribution in [3.05, 3.63) is 0 Å². The number of rotatable bonds is 16. The van der Waals surface area contributed by atoms with E-state index in [0.717, 1.165) is 24.3 Å². The number of nitrogens with one attached hydrogen (secondary N) is 1. The van der Waals surface area contributed by atoms with Crippen molar-refractivity contribution in [3.63, 3.8) is 0 Å². The number of thiol groups is 1. The first kappa shape index (κ1) is 26.1. The maximum absolute atomic E-state index is 12.8. The topological polar surface area (TPSA) is 125 Å². The molecule has 160 valence electrons. The van der Waals surface area contributed by atoms with Crippen molar-refractivity contribution < 1.29 is 24.6 Å². The van der Waals surface area contributed by atoms with Gasteiger partial charge >= 0.3 is 5.97 Å². The van der Waals surface area contributed by atoms with Gasteiger partial charge in [0.1, 0.15) is 0 Å². The molecule has 0 saturated carbocycles. The fourth-order valence-corrected chi connectivity index (χ4v) is 2.75. The molecule has 0 unspecified atom stereocenters. The predicted molar refractivity (Wildman–Crippen MR) is 109 cm³/mol. The van der Waals surface area contributed by atoms with E-state index in [1.807, 2.05) is 20.8 Å². The van der Waals surface area contributed by atoms with Crippen molar-refractivity contribution in [1.82, 2.24) is 10.4 Å². The maximum Gasteiger partial charge on any atom is 0.333 e. The van der Waals surface area contributed by atoms with E-state index >= 15 is 0 Å². The van der Waals surface area contributed by atoms with Gasteiger partial charge in [-0.1, -0.05) is 33.6 Å². The summed E-state index contributed by atoms with van der Waals surface area (Å²) in [6.45, 7) is 5.92. The van der Waals surface area contributed by atoms with Crippen molar-refractivity contribution >= 4 is 24.5 Å². The molecule has 27 heavy (non-hydrogen) atoms. The Morgan fingerprint density at radius 3 is 2.48 bits per heavy atom. The highest BCUT2D eigenvalue weighted by Crippen LogP contribution is 2.24. The standard InChI is InChI=1S/C18H37N3O5S/c1-4-5-6-9-26-21(16(23)10-14(2)3)18(7-8-22,17(24)25)13-20-11-15(19)12-27/h14-15,20,22,27H,4-13,19H2,1-3H3,(H,24,25)/t15-,18-/m0/s1. The fraction of sp³-hybridized carbons (Fsp3) is 0.889. The van der Waals surface area contributed by atoms with E-state index < -0.39 is 24.0 Å². The molecular formula is C18H37N3O5S. The van der Waals surface area contributed by atoms with Gasteiger partial charge in [0.2, 0.25) is 5.91 Å². The average Bonchev–Trinajstić information content (AvgIpc) is 2.60. The summed E-state index contributed by atoms with van der Waals surface area (Å²) in [6.07, 6.45) is 2.62. The number of carbonyl (C=O) groups is 2. The number of aliphatic carboxylic acids is 1. The Bertz CT molecular complexity index is 439. The maximum atomic E-state index is 12.8. The third-order valence-electron chi connectivity index (χ3n) is 4.15.